The molecule has 0 spiro atoms. The Morgan fingerprint density at radius 3 is 3.23 bits per heavy atom. The van der Waals surface area contributed by atoms with Gasteiger partial charge in [0.1, 0.15) is 5.82 Å². The molecule has 13 heavy (non-hydrogen) atoms. The monoisotopic (exact) mass is 239 g/mol. The SMILES string of the molecule is CCCc1n[c]n2ncc(Br)c2n1. The number of fused-ring (bicyclic) bond motifs is 1. The molecule has 0 unspecified atom stereocenters. The van der Waals surface area contributed by atoms with Gasteiger partial charge < -0.3 is 0 Å². The number of rotatable bonds is 2. The molecule has 0 atom stereocenters. The summed E-state index contributed by atoms with van der Waals surface area (Å²) in [6.07, 6.45) is 6.40. The largest absolute Gasteiger partial charge is 0.212 e. The molecule has 0 aliphatic heterocycles. The summed E-state index contributed by atoms with van der Waals surface area (Å²) < 4.78 is 2.41. The van der Waals surface area contributed by atoms with Crippen LogP contribution in [0.5, 0.6) is 0 Å². The first-order valence-corrected chi connectivity index (χ1v) is 4.88. The van der Waals surface area contributed by atoms with Crippen LogP contribution in [0.15, 0.2) is 10.7 Å². The van der Waals surface area contributed by atoms with Crippen molar-refractivity contribution in [1.29, 1.82) is 0 Å². The molecule has 0 aliphatic carbocycles. The quantitative estimate of drug-likeness (QED) is 0.801. The fourth-order valence-corrected chi connectivity index (χ4v) is 1.43. The van der Waals surface area contributed by atoms with Crippen molar-refractivity contribution in [3.05, 3.63) is 22.8 Å². The standard InChI is InChI=1S/C8H8BrN4/c1-2-3-7-10-5-13-8(12-7)6(9)4-11-13/h4H,2-3H2,1H3. The molecule has 0 fully saturated rings. The summed E-state index contributed by atoms with van der Waals surface area (Å²) in [5, 5.41) is 4.01. The molecule has 2 heterocycles. The lowest BCUT2D eigenvalue weighted by atomic mass is 10.3. The van der Waals surface area contributed by atoms with Gasteiger partial charge in [-0.25, -0.2) is 9.97 Å². The van der Waals surface area contributed by atoms with Gasteiger partial charge in [0.2, 0.25) is 6.33 Å². The van der Waals surface area contributed by atoms with Crippen molar-refractivity contribution in [1.82, 2.24) is 19.6 Å². The average molecular weight is 240 g/mol. The molecule has 2 aromatic rings. The number of hydrogen-bond acceptors (Lipinski definition) is 3. The second-order valence-corrected chi connectivity index (χ2v) is 3.57. The number of halogens is 1. The number of aromatic nitrogens is 4. The predicted octanol–water partition coefficient (Wildman–Crippen LogP) is 1.64. The van der Waals surface area contributed by atoms with E-state index in [1.165, 1.54) is 4.52 Å². The molecular formula is C8H8BrN4. The molecule has 67 valence electrons. The van der Waals surface area contributed by atoms with E-state index in [2.05, 4.69) is 44.2 Å². The van der Waals surface area contributed by atoms with Crippen molar-refractivity contribution in [3.8, 4) is 0 Å². The van der Waals surface area contributed by atoms with Crippen molar-refractivity contribution in [2.45, 2.75) is 19.8 Å². The molecule has 0 saturated carbocycles. The Bertz CT molecular complexity index is 423. The van der Waals surface area contributed by atoms with Crippen LogP contribution >= 0.6 is 15.9 Å². The fraction of sp³-hybridized carbons (Fsp3) is 0.375. The average Bonchev–Trinajstić information content (AvgIpc) is 2.49. The van der Waals surface area contributed by atoms with Crippen LogP contribution < -0.4 is 0 Å². The summed E-state index contributed by atoms with van der Waals surface area (Å²) >= 11 is 3.36. The highest BCUT2D eigenvalue weighted by Gasteiger charge is 2.04. The van der Waals surface area contributed by atoms with Gasteiger partial charge in [-0.15, -0.1) is 0 Å². The van der Waals surface area contributed by atoms with E-state index in [0.29, 0.717) is 0 Å². The maximum Gasteiger partial charge on any atom is 0.202 e. The van der Waals surface area contributed by atoms with E-state index in [1.807, 2.05) is 0 Å². The Balaban J connectivity index is 2.53. The minimum atomic E-state index is 0.776. The zero-order chi connectivity index (χ0) is 9.26. The fourth-order valence-electron chi connectivity index (χ4n) is 1.08. The normalized spacial score (nSPS) is 10.9. The van der Waals surface area contributed by atoms with Gasteiger partial charge in [-0.3, -0.25) is 0 Å². The summed E-state index contributed by atoms with van der Waals surface area (Å²) in [7, 11) is 0. The van der Waals surface area contributed by atoms with E-state index in [4.69, 9.17) is 0 Å². The van der Waals surface area contributed by atoms with Gasteiger partial charge in [-0.1, -0.05) is 6.92 Å². The Kier molecular flexibility index (Phi) is 2.26. The van der Waals surface area contributed by atoms with Crippen LogP contribution in [0.2, 0.25) is 0 Å². The van der Waals surface area contributed by atoms with Crippen molar-refractivity contribution >= 4 is 21.6 Å². The second kappa shape index (κ2) is 3.41. The maximum atomic E-state index is 4.34. The molecule has 0 amide bonds. The Morgan fingerprint density at radius 1 is 1.62 bits per heavy atom. The molecular weight excluding hydrogens is 232 g/mol. The third-order valence-electron chi connectivity index (χ3n) is 1.68. The zero-order valence-corrected chi connectivity index (χ0v) is 8.74. The third-order valence-corrected chi connectivity index (χ3v) is 2.24. The minimum absolute atomic E-state index is 0.776. The van der Waals surface area contributed by atoms with E-state index in [9.17, 15) is 0 Å². The van der Waals surface area contributed by atoms with Crippen molar-refractivity contribution in [2.75, 3.05) is 0 Å². The first kappa shape index (κ1) is 8.62. The smallest absolute Gasteiger partial charge is 0.202 e. The van der Waals surface area contributed by atoms with Gasteiger partial charge in [0.25, 0.3) is 0 Å². The summed E-state index contributed by atoms with van der Waals surface area (Å²) in [4.78, 5) is 8.39. The Morgan fingerprint density at radius 2 is 2.46 bits per heavy atom. The van der Waals surface area contributed by atoms with Crippen LogP contribution in [0.1, 0.15) is 19.2 Å². The van der Waals surface area contributed by atoms with E-state index >= 15 is 0 Å². The van der Waals surface area contributed by atoms with Gasteiger partial charge in [0, 0.05) is 6.42 Å². The van der Waals surface area contributed by atoms with Gasteiger partial charge in [-0.2, -0.15) is 9.61 Å². The first-order valence-electron chi connectivity index (χ1n) is 4.09. The molecule has 1 radical (unpaired) electrons. The molecule has 4 nitrogen and oxygen atoms in total. The van der Waals surface area contributed by atoms with Crippen LogP contribution in [0.4, 0.5) is 0 Å². The number of aryl methyl sites for hydroxylation is 1. The number of hydrogen-bond donors (Lipinski definition) is 0. The van der Waals surface area contributed by atoms with Crippen LogP contribution in [-0.4, -0.2) is 19.6 Å². The van der Waals surface area contributed by atoms with E-state index in [-0.39, 0.29) is 0 Å². The van der Waals surface area contributed by atoms with E-state index < -0.39 is 0 Å². The highest BCUT2D eigenvalue weighted by molar-refractivity contribution is 9.10. The van der Waals surface area contributed by atoms with Gasteiger partial charge >= 0.3 is 0 Å². The van der Waals surface area contributed by atoms with E-state index in [0.717, 1.165) is 28.8 Å². The summed E-state index contributed by atoms with van der Waals surface area (Å²) in [5.74, 6) is 0.816. The van der Waals surface area contributed by atoms with Gasteiger partial charge in [0.05, 0.1) is 10.7 Å². The molecule has 2 rings (SSSR count). The zero-order valence-electron chi connectivity index (χ0n) is 7.16. The molecule has 0 bridgehead atoms. The third kappa shape index (κ3) is 1.56. The lowest BCUT2D eigenvalue weighted by molar-refractivity contribution is 0.789. The topological polar surface area (TPSA) is 43.1 Å². The van der Waals surface area contributed by atoms with E-state index in [1.54, 1.807) is 6.20 Å². The molecule has 0 saturated heterocycles. The lowest BCUT2D eigenvalue weighted by Crippen LogP contribution is -1.99. The highest BCUT2D eigenvalue weighted by atomic mass is 79.9. The summed E-state index contributed by atoms with van der Waals surface area (Å²) in [6, 6.07) is 0. The van der Waals surface area contributed by atoms with Gasteiger partial charge in [-0.05, 0) is 22.4 Å². The lowest BCUT2D eigenvalue weighted by Gasteiger charge is -1.96. The number of nitrogens with zero attached hydrogens (tertiary/aromatic N) is 4. The minimum Gasteiger partial charge on any atom is -0.212 e. The van der Waals surface area contributed by atoms with Crippen molar-refractivity contribution in [2.24, 2.45) is 0 Å². The molecule has 0 aliphatic rings. The Hall–Kier alpha value is -0.970. The molecule has 0 N–H and O–H groups in total. The first-order chi connectivity index (χ1) is 6.31. The Labute approximate surface area is 84.1 Å². The molecule has 0 aromatic carbocycles. The summed E-state index contributed by atoms with van der Waals surface area (Å²) in [5.41, 5.74) is 0.776. The summed E-state index contributed by atoms with van der Waals surface area (Å²) in [6.45, 7) is 2.10. The van der Waals surface area contributed by atoms with Gasteiger partial charge in [0.15, 0.2) is 5.65 Å². The maximum absolute atomic E-state index is 4.34. The van der Waals surface area contributed by atoms with Crippen LogP contribution in [0.25, 0.3) is 5.65 Å². The molecule has 2 aromatic heterocycles. The molecule has 5 heteroatoms. The van der Waals surface area contributed by atoms with Crippen LogP contribution in [0, 0.1) is 6.33 Å². The van der Waals surface area contributed by atoms with Crippen molar-refractivity contribution in [3.63, 3.8) is 0 Å². The predicted molar refractivity (Wildman–Crippen MR) is 51.3 cm³/mol. The van der Waals surface area contributed by atoms with Crippen LogP contribution in [0.3, 0.4) is 0 Å². The van der Waals surface area contributed by atoms with Crippen LogP contribution in [-0.2, 0) is 6.42 Å². The highest BCUT2D eigenvalue weighted by Crippen LogP contribution is 2.14. The second-order valence-electron chi connectivity index (χ2n) is 2.72. The van der Waals surface area contributed by atoms with Crippen molar-refractivity contribution < 1.29 is 0 Å².